The van der Waals surface area contributed by atoms with Crippen LogP contribution in [0.3, 0.4) is 0 Å². The summed E-state index contributed by atoms with van der Waals surface area (Å²) in [5.41, 5.74) is -0.0742. The molecule has 0 aliphatic heterocycles. The molecule has 1 atom stereocenters. The molecule has 0 saturated heterocycles. The smallest absolute Gasteiger partial charge is 0.407 e. The molecule has 26 heavy (non-hydrogen) atoms. The lowest BCUT2D eigenvalue weighted by atomic mass is 10.2. The normalized spacial score (nSPS) is 12.7. The summed E-state index contributed by atoms with van der Waals surface area (Å²) in [5, 5.41) is 3.25. The van der Waals surface area contributed by atoms with E-state index in [4.69, 9.17) is 9.47 Å². The molecule has 2 rings (SSSR count). The summed E-state index contributed by atoms with van der Waals surface area (Å²) in [7, 11) is 0. The number of para-hydroxylation sites is 1. The third-order valence-corrected chi connectivity index (χ3v) is 3.68. The summed E-state index contributed by atoms with van der Waals surface area (Å²) in [6.07, 6.45) is -0.570. The van der Waals surface area contributed by atoms with Gasteiger partial charge in [0.2, 0.25) is 0 Å². The maximum atomic E-state index is 14.4. The SMILES string of the molecule is CCOC(=O)c1cc2cccc(F)c2n1[C@H](C)CNC(=O)OC(C)(C)C. The number of hydrogen-bond acceptors (Lipinski definition) is 4. The number of fused-ring (bicyclic) bond motifs is 1. The molecule has 0 bridgehead atoms. The first-order valence-corrected chi connectivity index (χ1v) is 8.57. The number of alkyl carbamates (subject to hydrolysis) is 1. The molecule has 1 amide bonds. The van der Waals surface area contributed by atoms with Gasteiger partial charge in [0.1, 0.15) is 17.1 Å². The molecule has 1 N–H and O–H groups in total. The van der Waals surface area contributed by atoms with Gasteiger partial charge in [-0.3, -0.25) is 0 Å². The number of nitrogens with zero attached hydrogens (tertiary/aromatic N) is 1. The second-order valence-electron chi connectivity index (χ2n) is 7.03. The molecule has 0 saturated carbocycles. The first-order chi connectivity index (χ1) is 12.1. The molecule has 1 aromatic heterocycles. The summed E-state index contributed by atoms with van der Waals surface area (Å²) >= 11 is 0. The second kappa shape index (κ2) is 7.76. The Morgan fingerprint density at radius 2 is 2.00 bits per heavy atom. The molecule has 0 aliphatic rings. The average molecular weight is 364 g/mol. The number of esters is 1. The van der Waals surface area contributed by atoms with Crippen molar-refractivity contribution in [2.75, 3.05) is 13.2 Å². The van der Waals surface area contributed by atoms with Crippen molar-refractivity contribution in [3.8, 4) is 0 Å². The molecule has 1 heterocycles. The highest BCUT2D eigenvalue weighted by Crippen LogP contribution is 2.27. The number of halogens is 1. The minimum atomic E-state index is -0.615. The number of aromatic nitrogens is 1. The zero-order chi connectivity index (χ0) is 19.5. The Balaban J connectivity index is 2.32. The summed E-state index contributed by atoms with van der Waals surface area (Å²) in [6, 6.07) is 5.85. The Morgan fingerprint density at radius 1 is 1.31 bits per heavy atom. The van der Waals surface area contributed by atoms with Crippen molar-refractivity contribution in [1.82, 2.24) is 9.88 Å². The minimum Gasteiger partial charge on any atom is -0.461 e. The Labute approximate surface area is 152 Å². The fourth-order valence-electron chi connectivity index (χ4n) is 2.70. The van der Waals surface area contributed by atoms with E-state index in [1.54, 1.807) is 57.4 Å². The van der Waals surface area contributed by atoms with Crippen LogP contribution in [0.1, 0.15) is 51.1 Å². The zero-order valence-electron chi connectivity index (χ0n) is 15.8. The van der Waals surface area contributed by atoms with Crippen molar-refractivity contribution in [1.29, 1.82) is 0 Å². The number of nitrogens with one attached hydrogen (secondary N) is 1. The Morgan fingerprint density at radius 3 is 2.62 bits per heavy atom. The van der Waals surface area contributed by atoms with Gasteiger partial charge in [0.25, 0.3) is 0 Å². The van der Waals surface area contributed by atoms with Gasteiger partial charge in [0, 0.05) is 18.0 Å². The van der Waals surface area contributed by atoms with Gasteiger partial charge < -0.3 is 19.4 Å². The van der Waals surface area contributed by atoms with Gasteiger partial charge in [-0.25, -0.2) is 14.0 Å². The number of carbonyl (C=O) groups excluding carboxylic acids is 2. The molecule has 6 nitrogen and oxygen atoms in total. The number of hydrogen-bond donors (Lipinski definition) is 1. The molecular formula is C19H25FN2O4. The van der Waals surface area contributed by atoms with Crippen LogP contribution in [0.25, 0.3) is 10.9 Å². The molecular weight excluding hydrogens is 339 g/mol. The predicted octanol–water partition coefficient (Wildman–Crippen LogP) is 4.04. The third kappa shape index (κ3) is 4.53. The molecule has 142 valence electrons. The number of amides is 1. The third-order valence-electron chi connectivity index (χ3n) is 3.68. The minimum absolute atomic E-state index is 0.166. The Bertz CT molecular complexity index is 808. The van der Waals surface area contributed by atoms with Gasteiger partial charge in [-0.15, -0.1) is 0 Å². The van der Waals surface area contributed by atoms with E-state index < -0.39 is 29.5 Å². The lowest BCUT2D eigenvalue weighted by Crippen LogP contribution is -2.35. The topological polar surface area (TPSA) is 69.6 Å². The van der Waals surface area contributed by atoms with Crippen molar-refractivity contribution in [2.45, 2.75) is 46.3 Å². The van der Waals surface area contributed by atoms with Crippen LogP contribution in [0.2, 0.25) is 0 Å². The van der Waals surface area contributed by atoms with Crippen molar-refractivity contribution in [3.05, 3.63) is 35.8 Å². The molecule has 0 aliphatic carbocycles. The van der Waals surface area contributed by atoms with Gasteiger partial charge in [-0.1, -0.05) is 12.1 Å². The molecule has 1 aromatic carbocycles. The Hall–Kier alpha value is -2.57. The van der Waals surface area contributed by atoms with Crippen molar-refractivity contribution >= 4 is 23.0 Å². The van der Waals surface area contributed by atoms with Gasteiger partial charge in [-0.2, -0.15) is 0 Å². The summed E-state index contributed by atoms with van der Waals surface area (Å²) in [4.78, 5) is 24.2. The van der Waals surface area contributed by atoms with Crippen LogP contribution in [0.5, 0.6) is 0 Å². The molecule has 0 spiro atoms. The van der Waals surface area contributed by atoms with Gasteiger partial charge in [0.05, 0.1) is 12.1 Å². The summed E-state index contributed by atoms with van der Waals surface area (Å²) in [6.45, 7) is 9.18. The van der Waals surface area contributed by atoms with Crippen LogP contribution in [-0.2, 0) is 9.47 Å². The lowest BCUT2D eigenvalue weighted by molar-refractivity contribution is 0.0512. The van der Waals surface area contributed by atoms with Crippen molar-refractivity contribution < 1.29 is 23.5 Å². The monoisotopic (exact) mass is 364 g/mol. The van der Waals surface area contributed by atoms with Crippen molar-refractivity contribution in [3.63, 3.8) is 0 Å². The molecule has 7 heteroatoms. The number of carbonyl (C=O) groups is 2. The Kier molecular flexibility index (Phi) is 5.90. The number of rotatable bonds is 5. The number of ether oxygens (including phenoxy) is 2. The number of benzene rings is 1. The molecule has 0 unspecified atom stereocenters. The van der Waals surface area contributed by atoms with Crippen LogP contribution >= 0.6 is 0 Å². The van der Waals surface area contributed by atoms with Gasteiger partial charge in [-0.05, 0) is 46.8 Å². The van der Waals surface area contributed by atoms with Crippen molar-refractivity contribution in [2.24, 2.45) is 0 Å². The molecule has 2 aromatic rings. The van der Waals surface area contributed by atoms with Crippen LogP contribution in [0, 0.1) is 5.82 Å². The fourth-order valence-corrected chi connectivity index (χ4v) is 2.70. The predicted molar refractivity (Wildman–Crippen MR) is 96.8 cm³/mol. The van der Waals surface area contributed by atoms with E-state index in [0.29, 0.717) is 10.9 Å². The largest absolute Gasteiger partial charge is 0.461 e. The van der Waals surface area contributed by atoms with Crippen LogP contribution in [-0.4, -0.2) is 35.4 Å². The standard InChI is InChI=1S/C19H25FN2O4/c1-6-25-17(23)15-10-13-8-7-9-14(20)16(13)22(15)12(2)11-21-18(24)26-19(3,4)5/h7-10,12H,6,11H2,1-5H3,(H,21,24)/t12-/m1/s1. The van der Waals surface area contributed by atoms with E-state index in [2.05, 4.69) is 5.32 Å². The zero-order valence-corrected chi connectivity index (χ0v) is 15.8. The van der Waals surface area contributed by atoms with E-state index in [-0.39, 0.29) is 18.8 Å². The van der Waals surface area contributed by atoms with Crippen LogP contribution in [0.4, 0.5) is 9.18 Å². The maximum absolute atomic E-state index is 14.4. The average Bonchev–Trinajstić information content (AvgIpc) is 2.92. The quantitative estimate of drug-likeness (QED) is 0.813. The van der Waals surface area contributed by atoms with E-state index in [0.717, 1.165) is 0 Å². The van der Waals surface area contributed by atoms with E-state index in [1.165, 1.54) is 6.07 Å². The van der Waals surface area contributed by atoms with E-state index >= 15 is 0 Å². The van der Waals surface area contributed by atoms with E-state index in [1.807, 2.05) is 0 Å². The second-order valence-corrected chi connectivity index (χ2v) is 7.03. The van der Waals surface area contributed by atoms with E-state index in [9.17, 15) is 14.0 Å². The fraction of sp³-hybridized carbons (Fsp3) is 0.474. The van der Waals surface area contributed by atoms with Gasteiger partial charge >= 0.3 is 12.1 Å². The highest BCUT2D eigenvalue weighted by atomic mass is 19.1. The summed E-state index contributed by atoms with van der Waals surface area (Å²) in [5.74, 6) is -0.977. The molecule has 0 fully saturated rings. The maximum Gasteiger partial charge on any atom is 0.407 e. The summed E-state index contributed by atoms with van der Waals surface area (Å²) < 4.78 is 26.3. The van der Waals surface area contributed by atoms with Crippen LogP contribution in [0.15, 0.2) is 24.3 Å². The highest BCUT2D eigenvalue weighted by Gasteiger charge is 2.23. The first kappa shape index (κ1) is 19.8. The van der Waals surface area contributed by atoms with Crippen LogP contribution < -0.4 is 5.32 Å². The first-order valence-electron chi connectivity index (χ1n) is 8.57. The lowest BCUT2D eigenvalue weighted by Gasteiger charge is -2.22. The van der Waals surface area contributed by atoms with Gasteiger partial charge in [0.15, 0.2) is 0 Å². The highest BCUT2D eigenvalue weighted by molar-refractivity contribution is 5.96. The molecule has 0 radical (unpaired) electrons.